The molecule has 5 rings (SSSR count). The first-order valence-electron chi connectivity index (χ1n) is 12.0. The zero-order valence-electron chi connectivity index (χ0n) is 20.2. The van der Waals surface area contributed by atoms with Crippen molar-refractivity contribution >= 4 is 46.4 Å². The average molecular weight is 534 g/mol. The third-order valence-corrected chi connectivity index (χ3v) is 6.97. The highest BCUT2D eigenvalue weighted by molar-refractivity contribution is 6.33. The molecule has 2 amide bonds. The summed E-state index contributed by atoms with van der Waals surface area (Å²) in [6, 6.07) is 23.7. The average Bonchev–Trinajstić information content (AvgIpc) is 3.40. The van der Waals surface area contributed by atoms with Gasteiger partial charge in [-0.25, -0.2) is 0 Å². The number of carbonyl (C=O) groups excluding carboxylic acids is 2. The van der Waals surface area contributed by atoms with Crippen LogP contribution < -0.4 is 10.2 Å². The van der Waals surface area contributed by atoms with Crippen molar-refractivity contribution in [1.29, 1.82) is 0 Å². The first-order chi connectivity index (χ1) is 17.9. The van der Waals surface area contributed by atoms with E-state index in [9.17, 15) is 9.59 Å². The summed E-state index contributed by atoms with van der Waals surface area (Å²) in [7, 11) is 0. The number of nitrogens with zero attached hydrogens (tertiary/aromatic N) is 2. The van der Waals surface area contributed by atoms with Gasteiger partial charge in [0.15, 0.2) is 5.76 Å². The smallest absolute Gasteiger partial charge is 0.291 e. The normalized spacial score (nSPS) is 13.5. The van der Waals surface area contributed by atoms with Crippen LogP contribution in [0.5, 0.6) is 0 Å². The molecule has 1 saturated heterocycles. The summed E-state index contributed by atoms with van der Waals surface area (Å²) in [5, 5.41) is 3.95. The Morgan fingerprint density at radius 3 is 2.38 bits per heavy atom. The summed E-state index contributed by atoms with van der Waals surface area (Å²) in [5.41, 5.74) is 3.94. The number of nitrogens with one attached hydrogen (secondary N) is 1. The van der Waals surface area contributed by atoms with Crippen LogP contribution in [0.1, 0.15) is 26.5 Å². The van der Waals surface area contributed by atoms with E-state index in [1.807, 2.05) is 60.4 Å². The van der Waals surface area contributed by atoms with Crippen LogP contribution >= 0.6 is 23.2 Å². The van der Waals surface area contributed by atoms with Crippen LogP contribution in [0.2, 0.25) is 10.0 Å². The zero-order chi connectivity index (χ0) is 25.9. The van der Waals surface area contributed by atoms with Crippen LogP contribution in [-0.2, 0) is 0 Å². The second-order valence-corrected chi connectivity index (χ2v) is 9.73. The van der Waals surface area contributed by atoms with Crippen molar-refractivity contribution in [1.82, 2.24) is 4.90 Å². The fourth-order valence-electron chi connectivity index (χ4n) is 4.42. The molecule has 6 nitrogen and oxygen atoms in total. The molecule has 2 heterocycles. The van der Waals surface area contributed by atoms with Crippen LogP contribution in [0.25, 0.3) is 11.3 Å². The maximum atomic E-state index is 12.9. The molecule has 0 spiro atoms. The van der Waals surface area contributed by atoms with E-state index in [2.05, 4.69) is 10.2 Å². The summed E-state index contributed by atoms with van der Waals surface area (Å²) in [4.78, 5) is 29.7. The van der Waals surface area contributed by atoms with Crippen LogP contribution in [0.3, 0.4) is 0 Å². The van der Waals surface area contributed by atoms with Gasteiger partial charge in [-0.1, -0.05) is 53.5 Å². The number of halogens is 2. The summed E-state index contributed by atoms with van der Waals surface area (Å²) < 4.78 is 5.73. The predicted molar refractivity (Wildman–Crippen MR) is 148 cm³/mol. The van der Waals surface area contributed by atoms with Crippen LogP contribution in [0.4, 0.5) is 11.4 Å². The SMILES string of the molecule is Cc1ccccc1C(=O)N1CCN(c2ccc(NC(=O)c3ccc(-c4cccc(Cl)c4)o3)cc2Cl)CC1. The molecule has 3 aromatic carbocycles. The number of benzene rings is 3. The predicted octanol–water partition coefficient (Wildman–Crippen LogP) is 6.78. The van der Waals surface area contributed by atoms with E-state index in [-0.39, 0.29) is 17.6 Å². The van der Waals surface area contributed by atoms with Gasteiger partial charge in [0.25, 0.3) is 11.8 Å². The maximum Gasteiger partial charge on any atom is 0.291 e. The molecular weight excluding hydrogens is 509 g/mol. The molecule has 1 N–H and O–H groups in total. The minimum absolute atomic E-state index is 0.0540. The van der Waals surface area contributed by atoms with Gasteiger partial charge in [-0.2, -0.15) is 0 Å². The van der Waals surface area contributed by atoms with Crippen molar-refractivity contribution in [2.45, 2.75) is 6.92 Å². The van der Waals surface area contributed by atoms with Crippen molar-refractivity contribution in [3.05, 3.63) is 106 Å². The monoisotopic (exact) mass is 533 g/mol. The Balaban J connectivity index is 1.21. The molecule has 188 valence electrons. The Morgan fingerprint density at radius 2 is 1.65 bits per heavy atom. The number of amides is 2. The lowest BCUT2D eigenvalue weighted by atomic mass is 10.1. The lowest BCUT2D eigenvalue weighted by Crippen LogP contribution is -2.49. The number of carbonyl (C=O) groups is 2. The Kier molecular flexibility index (Phi) is 7.22. The van der Waals surface area contributed by atoms with E-state index in [1.54, 1.807) is 30.3 Å². The van der Waals surface area contributed by atoms with Gasteiger partial charge in [-0.3, -0.25) is 9.59 Å². The Morgan fingerprint density at radius 1 is 0.865 bits per heavy atom. The van der Waals surface area contributed by atoms with Gasteiger partial charge in [-0.05, 0) is 61.0 Å². The molecule has 37 heavy (non-hydrogen) atoms. The largest absolute Gasteiger partial charge is 0.451 e. The topological polar surface area (TPSA) is 65.8 Å². The maximum absolute atomic E-state index is 12.9. The van der Waals surface area contributed by atoms with Gasteiger partial charge in [0.2, 0.25) is 0 Å². The molecule has 0 aliphatic carbocycles. The molecule has 0 saturated carbocycles. The standard InChI is InChI=1S/C29H25Cl2N3O3/c1-19-5-2-3-8-23(19)29(36)34-15-13-33(14-16-34)25-10-9-22(18-24(25)31)32-28(35)27-12-11-26(37-27)20-6-4-7-21(30)17-20/h2-12,17-18H,13-16H2,1H3,(H,32,35). The van der Waals surface area contributed by atoms with Gasteiger partial charge in [-0.15, -0.1) is 0 Å². The van der Waals surface area contributed by atoms with Crippen molar-refractivity contribution in [3.8, 4) is 11.3 Å². The molecule has 1 aliphatic heterocycles. The summed E-state index contributed by atoms with van der Waals surface area (Å²) in [6.07, 6.45) is 0. The molecule has 1 aromatic heterocycles. The number of rotatable bonds is 5. The van der Waals surface area contributed by atoms with Crippen molar-refractivity contribution in [2.24, 2.45) is 0 Å². The highest BCUT2D eigenvalue weighted by atomic mass is 35.5. The minimum Gasteiger partial charge on any atom is -0.451 e. The van der Waals surface area contributed by atoms with Crippen molar-refractivity contribution in [2.75, 3.05) is 36.4 Å². The number of furan rings is 1. The Bertz CT molecular complexity index is 1460. The summed E-state index contributed by atoms with van der Waals surface area (Å²) in [5.74, 6) is 0.421. The van der Waals surface area contributed by atoms with Crippen molar-refractivity contribution < 1.29 is 14.0 Å². The van der Waals surface area contributed by atoms with Gasteiger partial charge < -0.3 is 19.5 Å². The van der Waals surface area contributed by atoms with E-state index in [0.29, 0.717) is 47.7 Å². The fourth-order valence-corrected chi connectivity index (χ4v) is 4.91. The quantitative estimate of drug-likeness (QED) is 0.307. The molecule has 0 radical (unpaired) electrons. The highest BCUT2D eigenvalue weighted by Crippen LogP contribution is 2.31. The third kappa shape index (κ3) is 5.50. The summed E-state index contributed by atoms with van der Waals surface area (Å²) >= 11 is 12.7. The van der Waals surface area contributed by atoms with Gasteiger partial charge in [0.1, 0.15) is 5.76 Å². The van der Waals surface area contributed by atoms with Gasteiger partial charge in [0, 0.05) is 48.0 Å². The Hall–Kier alpha value is -3.74. The molecule has 4 aromatic rings. The third-order valence-electron chi connectivity index (χ3n) is 6.43. The Labute approximate surface area is 225 Å². The molecule has 0 unspecified atom stereocenters. The van der Waals surface area contributed by atoms with E-state index in [0.717, 1.165) is 22.4 Å². The van der Waals surface area contributed by atoms with Crippen LogP contribution in [0, 0.1) is 6.92 Å². The minimum atomic E-state index is -0.375. The van der Waals surface area contributed by atoms with Crippen molar-refractivity contribution in [3.63, 3.8) is 0 Å². The number of aryl methyl sites for hydroxylation is 1. The van der Waals surface area contributed by atoms with E-state index < -0.39 is 0 Å². The number of hydrogen-bond acceptors (Lipinski definition) is 4. The van der Waals surface area contributed by atoms with E-state index in [4.69, 9.17) is 27.6 Å². The van der Waals surface area contributed by atoms with Gasteiger partial charge >= 0.3 is 0 Å². The molecule has 0 atom stereocenters. The molecule has 1 fully saturated rings. The molecule has 8 heteroatoms. The summed E-state index contributed by atoms with van der Waals surface area (Å²) in [6.45, 7) is 4.50. The van der Waals surface area contributed by atoms with Gasteiger partial charge in [0.05, 0.1) is 10.7 Å². The van der Waals surface area contributed by atoms with Crippen LogP contribution in [0.15, 0.2) is 83.3 Å². The molecule has 1 aliphatic rings. The second kappa shape index (κ2) is 10.7. The van der Waals surface area contributed by atoms with E-state index >= 15 is 0 Å². The van der Waals surface area contributed by atoms with Crippen LogP contribution in [-0.4, -0.2) is 42.9 Å². The number of piperazine rings is 1. The highest BCUT2D eigenvalue weighted by Gasteiger charge is 2.24. The first-order valence-corrected chi connectivity index (χ1v) is 12.7. The fraction of sp³-hybridized carbons (Fsp3) is 0.172. The van der Waals surface area contributed by atoms with E-state index in [1.165, 1.54) is 0 Å². The lowest BCUT2D eigenvalue weighted by molar-refractivity contribution is 0.0746. The molecule has 0 bridgehead atoms. The molecular formula is C29H25Cl2N3O3. The lowest BCUT2D eigenvalue weighted by Gasteiger charge is -2.36. The zero-order valence-corrected chi connectivity index (χ0v) is 21.7. The second-order valence-electron chi connectivity index (χ2n) is 8.89. The number of anilines is 2. The first kappa shape index (κ1) is 24.9. The number of hydrogen-bond donors (Lipinski definition) is 1.